The maximum Gasteiger partial charge on any atom is 0.303 e. The highest BCUT2D eigenvalue weighted by Gasteiger charge is 2.45. The fourth-order valence-corrected chi connectivity index (χ4v) is 2.68. The Morgan fingerprint density at radius 1 is 1.35 bits per heavy atom. The molecule has 1 aromatic rings. The molecule has 1 aliphatic carbocycles. The summed E-state index contributed by atoms with van der Waals surface area (Å²) in [5.74, 6) is -0.254. The smallest absolute Gasteiger partial charge is 0.303 e. The van der Waals surface area contributed by atoms with Crippen molar-refractivity contribution in [2.45, 2.75) is 32.1 Å². The molecule has 0 unspecified atom stereocenters. The second-order valence-electron chi connectivity index (χ2n) is 5.56. The minimum atomic E-state index is -0.810. The highest BCUT2D eigenvalue weighted by atomic mass is 16.4. The number of carboxylic acid groups (broad SMARTS) is 1. The molecule has 108 valence electrons. The largest absolute Gasteiger partial charge is 0.481 e. The van der Waals surface area contributed by atoms with Crippen molar-refractivity contribution in [1.82, 2.24) is 4.90 Å². The summed E-state index contributed by atoms with van der Waals surface area (Å²) in [6.07, 6.45) is 1.54. The monoisotopic (exact) mass is 275 g/mol. The summed E-state index contributed by atoms with van der Waals surface area (Å²) in [6.45, 7) is 2.59. The summed E-state index contributed by atoms with van der Waals surface area (Å²) in [4.78, 5) is 24.4. The molecule has 0 spiro atoms. The molecule has 20 heavy (non-hydrogen) atoms. The molecule has 1 aromatic carbocycles. The van der Waals surface area contributed by atoms with Gasteiger partial charge in [-0.3, -0.25) is 9.59 Å². The number of aryl methyl sites for hydroxylation is 1. The van der Waals surface area contributed by atoms with E-state index in [4.69, 9.17) is 5.11 Å². The van der Waals surface area contributed by atoms with Crippen LogP contribution in [0, 0.1) is 12.8 Å². The number of carboxylic acids is 1. The average Bonchev–Trinajstić information content (AvgIpc) is 3.18. The first-order chi connectivity index (χ1) is 9.50. The fraction of sp³-hybridized carbons (Fsp3) is 0.500. The summed E-state index contributed by atoms with van der Waals surface area (Å²) in [7, 11) is 1.76. The van der Waals surface area contributed by atoms with Crippen LogP contribution in [-0.4, -0.2) is 35.5 Å². The standard InChI is InChI=1S/C16H21NO3/c1-11-6-3-4-7-12(11)13-10-14(13)16(20)17(2)9-5-8-15(18)19/h3-4,6-7,13-14H,5,8-10H2,1-2H3,(H,18,19)/t13-,14-/m0/s1. The van der Waals surface area contributed by atoms with E-state index in [1.807, 2.05) is 12.1 Å². The minimum Gasteiger partial charge on any atom is -0.481 e. The predicted molar refractivity (Wildman–Crippen MR) is 76.5 cm³/mol. The normalized spacial score (nSPS) is 20.5. The second kappa shape index (κ2) is 6.07. The molecule has 2 atom stereocenters. The van der Waals surface area contributed by atoms with Gasteiger partial charge in [0.1, 0.15) is 0 Å². The van der Waals surface area contributed by atoms with E-state index in [1.54, 1.807) is 11.9 Å². The third kappa shape index (κ3) is 3.38. The predicted octanol–water partition coefficient (Wildman–Crippen LogP) is 2.42. The van der Waals surface area contributed by atoms with Gasteiger partial charge >= 0.3 is 5.97 Å². The zero-order chi connectivity index (χ0) is 14.7. The van der Waals surface area contributed by atoms with Gasteiger partial charge in [-0.2, -0.15) is 0 Å². The van der Waals surface area contributed by atoms with Gasteiger partial charge in [-0.25, -0.2) is 0 Å². The molecule has 0 aliphatic heterocycles. The molecule has 4 heteroatoms. The Balaban J connectivity index is 1.86. The summed E-state index contributed by atoms with van der Waals surface area (Å²) in [5, 5.41) is 8.60. The van der Waals surface area contributed by atoms with Crippen LogP contribution in [0.25, 0.3) is 0 Å². The molecule has 0 saturated heterocycles. The lowest BCUT2D eigenvalue weighted by Crippen LogP contribution is -2.29. The maximum absolute atomic E-state index is 12.3. The minimum absolute atomic E-state index is 0.0749. The number of amides is 1. The van der Waals surface area contributed by atoms with Gasteiger partial charge in [0.05, 0.1) is 0 Å². The lowest BCUT2D eigenvalue weighted by atomic mass is 10.0. The van der Waals surface area contributed by atoms with Gasteiger partial charge in [-0.1, -0.05) is 24.3 Å². The summed E-state index contributed by atoms with van der Waals surface area (Å²) in [6, 6.07) is 8.19. The maximum atomic E-state index is 12.3. The van der Waals surface area contributed by atoms with Gasteiger partial charge in [0.25, 0.3) is 0 Å². The van der Waals surface area contributed by atoms with E-state index in [-0.39, 0.29) is 18.2 Å². The number of nitrogens with zero attached hydrogens (tertiary/aromatic N) is 1. The summed E-state index contributed by atoms with van der Waals surface area (Å²) >= 11 is 0. The first-order valence-electron chi connectivity index (χ1n) is 7.03. The van der Waals surface area contributed by atoms with Crippen LogP contribution in [0.2, 0.25) is 0 Å². The molecular weight excluding hydrogens is 254 g/mol. The molecule has 0 radical (unpaired) electrons. The van der Waals surface area contributed by atoms with Crippen molar-refractivity contribution < 1.29 is 14.7 Å². The van der Waals surface area contributed by atoms with Gasteiger partial charge in [0.15, 0.2) is 0 Å². The van der Waals surface area contributed by atoms with Gasteiger partial charge in [-0.15, -0.1) is 0 Å². The number of hydrogen-bond acceptors (Lipinski definition) is 2. The molecule has 1 amide bonds. The van der Waals surface area contributed by atoms with E-state index in [2.05, 4.69) is 19.1 Å². The molecule has 1 saturated carbocycles. The van der Waals surface area contributed by atoms with E-state index in [9.17, 15) is 9.59 Å². The van der Waals surface area contributed by atoms with Gasteiger partial charge in [-0.05, 0) is 36.8 Å². The molecule has 0 aromatic heterocycles. The lowest BCUT2D eigenvalue weighted by Gasteiger charge is -2.17. The third-order valence-corrected chi connectivity index (χ3v) is 3.96. The third-order valence-electron chi connectivity index (χ3n) is 3.96. The van der Waals surface area contributed by atoms with Crippen molar-refractivity contribution in [2.24, 2.45) is 5.92 Å². The number of carbonyl (C=O) groups excluding carboxylic acids is 1. The Kier molecular flexibility index (Phi) is 4.42. The fourth-order valence-electron chi connectivity index (χ4n) is 2.68. The zero-order valence-electron chi connectivity index (χ0n) is 12.0. The summed E-state index contributed by atoms with van der Waals surface area (Å²) in [5.41, 5.74) is 2.51. The Hall–Kier alpha value is -1.84. The van der Waals surface area contributed by atoms with Crippen LogP contribution in [0.15, 0.2) is 24.3 Å². The number of hydrogen-bond donors (Lipinski definition) is 1. The average molecular weight is 275 g/mol. The number of rotatable bonds is 6. The quantitative estimate of drug-likeness (QED) is 0.867. The zero-order valence-corrected chi connectivity index (χ0v) is 12.0. The van der Waals surface area contributed by atoms with Crippen LogP contribution in [0.1, 0.15) is 36.3 Å². The lowest BCUT2D eigenvalue weighted by molar-refractivity contribution is -0.138. The first kappa shape index (κ1) is 14.6. The van der Waals surface area contributed by atoms with E-state index >= 15 is 0 Å². The highest BCUT2D eigenvalue weighted by Crippen LogP contribution is 2.49. The molecule has 1 N–H and O–H groups in total. The van der Waals surface area contributed by atoms with Crippen molar-refractivity contribution in [3.63, 3.8) is 0 Å². The highest BCUT2D eigenvalue weighted by molar-refractivity contribution is 5.83. The molecule has 0 heterocycles. The second-order valence-corrected chi connectivity index (χ2v) is 5.56. The van der Waals surface area contributed by atoms with Crippen LogP contribution in [0.4, 0.5) is 0 Å². The Bertz CT molecular complexity index is 512. The van der Waals surface area contributed by atoms with E-state index < -0.39 is 5.97 Å². The molecule has 0 bridgehead atoms. The van der Waals surface area contributed by atoms with E-state index in [0.29, 0.717) is 18.9 Å². The van der Waals surface area contributed by atoms with Crippen molar-refractivity contribution >= 4 is 11.9 Å². The molecule has 1 aliphatic rings. The van der Waals surface area contributed by atoms with Crippen molar-refractivity contribution in [3.8, 4) is 0 Å². The van der Waals surface area contributed by atoms with Crippen molar-refractivity contribution in [3.05, 3.63) is 35.4 Å². The van der Waals surface area contributed by atoms with Crippen LogP contribution in [0.5, 0.6) is 0 Å². The van der Waals surface area contributed by atoms with Crippen LogP contribution < -0.4 is 0 Å². The van der Waals surface area contributed by atoms with Crippen molar-refractivity contribution in [2.75, 3.05) is 13.6 Å². The van der Waals surface area contributed by atoms with Crippen LogP contribution in [-0.2, 0) is 9.59 Å². The first-order valence-corrected chi connectivity index (χ1v) is 7.03. The number of benzene rings is 1. The van der Waals surface area contributed by atoms with Gasteiger partial charge in [0.2, 0.25) is 5.91 Å². The Labute approximate surface area is 119 Å². The van der Waals surface area contributed by atoms with Crippen molar-refractivity contribution in [1.29, 1.82) is 0 Å². The molecule has 1 fully saturated rings. The molecule has 2 rings (SSSR count). The Morgan fingerprint density at radius 3 is 2.70 bits per heavy atom. The van der Waals surface area contributed by atoms with Crippen LogP contribution in [0.3, 0.4) is 0 Å². The van der Waals surface area contributed by atoms with Gasteiger partial charge < -0.3 is 10.0 Å². The topological polar surface area (TPSA) is 57.6 Å². The Morgan fingerprint density at radius 2 is 2.05 bits per heavy atom. The molecule has 4 nitrogen and oxygen atoms in total. The van der Waals surface area contributed by atoms with Crippen LogP contribution >= 0.6 is 0 Å². The van der Waals surface area contributed by atoms with E-state index in [0.717, 1.165) is 6.42 Å². The number of aliphatic carboxylic acids is 1. The SMILES string of the molecule is Cc1ccccc1[C@@H]1C[C@@H]1C(=O)N(C)CCCC(=O)O. The van der Waals surface area contributed by atoms with E-state index in [1.165, 1.54) is 11.1 Å². The number of carbonyl (C=O) groups is 2. The summed E-state index contributed by atoms with van der Waals surface area (Å²) < 4.78 is 0. The molecular formula is C16H21NO3. The van der Waals surface area contributed by atoms with Gasteiger partial charge in [0, 0.05) is 25.9 Å².